The molecule has 1 rings (SSSR count). The molecular formula is C18H28N2O6. The minimum Gasteiger partial charge on any atom is -0.503 e. The van der Waals surface area contributed by atoms with E-state index in [1.807, 2.05) is 0 Å². The lowest BCUT2D eigenvalue weighted by Crippen LogP contribution is -2.15. The van der Waals surface area contributed by atoms with Crippen molar-refractivity contribution in [3.63, 3.8) is 0 Å². The number of aliphatic hydroxyl groups excluding tert-OH is 1. The second-order valence-electron chi connectivity index (χ2n) is 6.16. The Morgan fingerprint density at radius 3 is 2.58 bits per heavy atom. The van der Waals surface area contributed by atoms with Crippen LogP contribution in [0.1, 0.15) is 57.2 Å². The number of aliphatic hydroxyl groups is 1. The molecule has 146 valence electrons. The van der Waals surface area contributed by atoms with E-state index in [2.05, 4.69) is 0 Å². The minimum absolute atomic E-state index is 0.0582. The van der Waals surface area contributed by atoms with Gasteiger partial charge in [-0.05, 0) is 26.2 Å². The van der Waals surface area contributed by atoms with Crippen molar-refractivity contribution in [2.24, 2.45) is 5.73 Å². The first kappa shape index (κ1) is 21.9. The van der Waals surface area contributed by atoms with Gasteiger partial charge >= 0.3 is 5.97 Å². The van der Waals surface area contributed by atoms with E-state index >= 15 is 0 Å². The highest BCUT2D eigenvalue weighted by molar-refractivity contribution is 5.84. The van der Waals surface area contributed by atoms with Gasteiger partial charge in [0.05, 0.1) is 31.4 Å². The number of pyridine rings is 1. The first-order valence-corrected chi connectivity index (χ1v) is 8.84. The van der Waals surface area contributed by atoms with Gasteiger partial charge in [-0.15, -0.1) is 0 Å². The van der Waals surface area contributed by atoms with Crippen molar-refractivity contribution >= 4 is 11.8 Å². The highest BCUT2D eigenvalue weighted by Crippen LogP contribution is 2.20. The largest absolute Gasteiger partial charge is 0.503 e. The number of rotatable bonds is 12. The summed E-state index contributed by atoms with van der Waals surface area (Å²) in [6.07, 6.45) is 4.04. The average Bonchev–Trinajstić information content (AvgIpc) is 2.61. The molecule has 1 aromatic rings. The number of esters is 1. The summed E-state index contributed by atoms with van der Waals surface area (Å²) in [4.78, 5) is 33.9. The van der Waals surface area contributed by atoms with Crippen LogP contribution in [-0.2, 0) is 20.9 Å². The van der Waals surface area contributed by atoms with E-state index in [4.69, 9.17) is 10.5 Å². The number of carbonyl (C=O) groups excluding carboxylic acids is 2. The topological polar surface area (TPSA) is 132 Å². The lowest BCUT2D eigenvalue weighted by molar-refractivity contribution is -0.144. The van der Waals surface area contributed by atoms with Crippen molar-refractivity contribution in [3.8, 4) is 5.75 Å². The third kappa shape index (κ3) is 7.37. The van der Waals surface area contributed by atoms with Crippen LogP contribution in [0.25, 0.3) is 0 Å². The number of hydrogen-bond acceptors (Lipinski definition) is 7. The van der Waals surface area contributed by atoms with Crippen LogP contribution < -0.4 is 11.2 Å². The molecule has 0 aliphatic heterocycles. The number of ketones is 1. The first-order chi connectivity index (χ1) is 12.4. The molecule has 0 bridgehead atoms. The summed E-state index contributed by atoms with van der Waals surface area (Å²) < 4.78 is 6.72. The van der Waals surface area contributed by atoms with Crippen molar-refractivity contribution in [2.45, 2.75) is 58.1 Å². The Kier molecular flexibility index (Phi) is 9.61. The smallest absolute Gasteiger partial charge is 0.306 e. The van der Waals surface area contributed by atoms with Gasteiger partial charge in [0.25, 0.3) is 0 Å². The molecule has 1 atom stereocenters. The van der Waals surface area contributed by atoms with Crippen LogP contribution in [0.4, 0.5) is 0 Å². The molecule has 4 N–H and O–H groups in total. The monoisotopic (exact) mass is 368 g/mol. The summed E-state index contributed by atoms with van der Waals surface area (Å²) in [6, 6.07) is 1.27. The molecule has 0 aromatic carbocycles. The zero-order chi connectivity index (χ0) is 19.5. The molecule has 0 spiro atoms. The Bertz CT molecular complexity index is 654. The summed E-state index contributed by atoms with van der Waals surface area (Å²) in [5.74, 6) is -0.966. The zero-order valence-corrected chi connectivity index (χ0v) is 15.1. The number of nitrogens with zero attached hydrogens (tertiary/aromatic N) is 1. The molecule has 0 amide bonds. The average molecular weight is 368 g/mol. The van der Waals surface area contributed by atoms with Crippen molar-refractivity contribution < 1.29 is 24.5 Å². The summed E-state index contributed by atoms with van der Waals surface area (Å²) >= 11 is 0. The van der Waals surface area contributed by atoms with Gasteiger partial charge in [0.2, 0.25) is 5.43 Å². The van der Waals surface area contributed by atoms with Gasteiger partial charge in [0, 0.05) is 25.2 Å². The molecule has 0 radical (unpaired) electrons. The van der Waals surface area contributed by atoms with Crippen LogP contribution in [0, 0.1) is 0 Å². The third-order valence-electron chi connectivity index (χ3n) is 3.98. The fourth-order valence-electron chi connectivity index (χ4n) is 2.55. The molecule has 26 heavy (non-hydrogen) atoms. The van der Waals surface area contributed by atoms with Crippen LogP contribution in [0.3, 0.4) is 0 Å². The van der Waals surface area contributed by atoms with E-state index in [1.54, 1.807) is 10.8 Å². The maximum atomic E-state index is 11.5. The van der Waals surface area contributed by atoms with Gasteiger partial charge in [-0.1, -0.05) is 6.42 Å². The number of aromatic hydroxyl groups is 1. The number of aromatic nitrogens is 1. The van der Waals surface area contributed by atoms with Crippen molar-refractivity contribution in [1.82, 2.24) is 4.57 Å². The summed E-state index contributed by atoms with van der Waals surface area (Å²) in [5.41, 5.74) is 4.88. The Balaban J connectivity index is 2.24. The fourth-order valence-corrected chi connectivity index (χ4v) is 2.55. The SMILES string of the molecule is CC(O)c1c(O)c(=O)ccn1CCCCCCOC(=O)CCC(=O)CN. The number of hydrogen-bond donors (Lipinski definition) is 3. The highest BCUT2D eigenvalue weighted by atomic mass is 16.5. The van der Waals surface area contributed by atoms with E-state index in [9.17, 15) is 24.6 Å². The molecule has 0 aliphatic rings. The number of unbranched alkanes of at least 4 members (excludes halogenated alkanes) is 3. The number of ether oxygens (including phenoxy) is 1. The predicted octanol–water partition coefficient (Wildman–Crippen LogP) is 1.02. The number of aryl methyl sites for hydroxylation is 1. The van der Waals surface area contributed by atoms with Gasteiger partial charge in [0.1, 0.15) is 5.78 Å². The predicted molar refractivity (Wildman–Crippen MR) is 95.7 cm³/mol. The number of carbonyl (C=O) groups is 2. The van der Waals surface area contributed by atoms with Crippen LogP contribution >= 0.6 is 0 Å². The maximum absolute atomic E-state index is 11.5. The molecule has 0 saturated heterocycles. The maximum Gasteiger partial charge on any atom is 0.306 e. The van der Waals surface area contributed by atoms with Crippen molar-refractivity contribution in [1.29, 1.82) is 0 Å². The van der Waals surface area contributed by atoms with Crippen LogP contribution in [-0.4, -0.2) is 39.7 Å². The Hall–Kier alpha value is -2.19. The van der Waals surface area contributed by atoms with Crippen molar-refractivity contribution in [2.75, 3.05) is 13.2 Å². The van der Waals surface area contributed by atoms with Gasteiger partial charge in [-0.2, -0.15) is 0 Å². The first-order valence-electron chi connectivity index (χ1n) is 8.84. The van der Waals surface area contributed by atoms with E-state index < -0.39 is 23.3 Å². The Morgan fingerprint density at radius 1 is 1.23 bits per heavy atom. The van der Waals surface area contributed by atoms with Crippen LogP contribution in [0.5, 0.6) is 5.75 Å². The standard InChI is InChI=1S/C18H28N2O6/c1-13(21)17-18(25)15(23)8-10-20(17)9-4-2-3-5-11-26-16(24)7-6-14(22)12-19/h8,10,13,21,25H,2-7,9,11-12,19H2,1H3. The summed E-state index contributed by atoms with van der Waals surface area (Å²) in [5, 5.41) is 19.5. The summed E-state index contributed by atoms with van der Waals surface area (Å²) in [6.45, 7) is 2.32. The van der Waals surface area contributed by atoms with E-state index in [1.165, 1.54) is 13.0 Å². The van der Waals surface area contributed by atoms with Crippen LogP contribution in [0.2, 0.25) is 0 Å². The lowest BCUT2D eigenvalue weighted by atomic mass is 10.1. The van der Waals surface area contributed by atoms with E-state index in [-0.39, 0.29) is 30.9 Å². The molecule has 1 unspecified atom stereocenters. The minimum atomic E-state index is -0.936. The second kappa shape index (κ2) is 11.4. The molecule has 0 aliphatic carbocycles. The van der Waals surface area contributed by atoms with E-state index in [0.29, 0.717) is 13.2 Å². The third-order valence-corrected chi connectivity index (χ3v) is 3.98. The zero-order valence-electron chi connectivity index (χ0n) is 15.1. The molecule has 0 saturated carbocycles. The molecule has 1 aromatic heterocycles. The number of nitrogens with two attached hydrogens (primary N) is 1. The molecule has 8 heteroatoms. The van der Waals surface area contributed by atoms with Crippen LogP contribution in [0.15, 0.2) is 17.1 Å². The van der Waals surface area contributed by atoms with Gasteiger partial charge in [-0.25, -0.2) is 0 Å². The summed E-state index contributed by atoms with van der Waals surface area (Å²) in [7, 11) is 0. The Labute approximate surface area is 152 Å². The highest BCUT2D eigenvalue weighted by Gasteiger charge is 2.14. The lowest BCUT2D eigenvalue weighted by Gasteiger charge is -2.16. The van der Waals surface area contributed by atoms with Gasteiger partial charge in [0.15, 0.2) is 5.75 Å². The van der Waals surface area contributed by atoms with Gasteiger partial charge in [-0.3, -0.25) is 14.4 Å². The molecular weight excluding hydrogens is 340 g/mol. The molecule has 1 heterocycles. The van der Waals surface area contributed by atoms with Crippen molar-refractivity contribution in [3.05, 3.63) is 28.2 Å². The fraction of sp³-hybridized carbons (Fsp3) is 0.611. The Morgan fingerprint density at radius 2 is 1.92 bits per heavy atom. The van der Waals surface area contributed by atoms with Gasteiger partial charge < -0.3 is 25.3 Å². The van der Waals surface area contributed by atoms with E-state index in [0.717, 1.165) is 25.7 Å². The molecule has 8 nitrogen and oxygen atoms in total. The molecule has 0 fully saturated rings. The normalized spacial score (nSPS) is 12.0. The second-order valence-corrected chi connectivity index (χ2v) is 6.16. The number of Topliss-reactive ketones (excluding diaryl/α,β-unsaturated/α-hetero) is 1. The quantitative estimate of drug-likeness (QED) is 0.371.